The standard InChI is InChI=1S/C17H19FN2O3/c1-20(2)14-7-6-12(18)10-13(14)19-17(21)11-5-8-15(22-3)16(9-11)23-4/h5-10H,1-4H3,(H,19,21). The maximum absolute atomic E-state index is 13.5. The van der Waals surface area contributed by atoms with Crippen molar-refractivity contribution >= 4 is 17.3 Å². The van der Waals surface area contributed by atoms with E-state index in [0.29, 0.717) is 28.4 Å². The molecule has 0 aromatic heterocycles. The van der Waals surface area contributed by atoms with Gasteiger partial charge < -0.3 is 19.7 Å². The van der Waals surface area contributed by atoms with Crippen LogP contribution in [0.5, 0.6) is 11.5 Å². The van der Waals surface area contributed by atoms with Gasteiger partial charge in [0, 0.05) is 19.7 Å². The molecule has 0 aliphatic rings. The highest BCUT2D eigenvalue weighted by atomic mass is 19.1. The smallest absolute Gasteiger partial charge is 0.255 e. The van der Waals surface area contributed by atoms with E-state index in [1.807, 2.05) is 14.1 Å². The number of benzene rings is 2. The topological polar surface area (TPSA) is 50.8 Å². The van der Waals surface area contributed by atoms with Gasteiger partial charge in [-0.25, -0.2) is 4.39 Å². The zero-order valence-corrected chi connectivity index (χ0v) is 13.5. The summed E-state index contributed by atoms with van der Waals surface area (Å²) in [7, 11) is 6.66. The first-order valence-electron chi connectivity index (χ1n) is 6.96. The predicted molar refractivity (Wildman–Crippen MR) is 88.2 cm³/mol. The Hall–Kier alpha value is -2.76. The molecule has 0 saturated heterocycles. The molecule has 2 aromatic carbocycles. The third kappa shape index (κ3) is 3.71. The molecule has 0 saturated carbocycles. The highest BCUT2D eigenvalue weighted by molar-refractivity contribution is 6.06. The predicted octanol–water partition coefficient (Wildman–Crippen LogP) is 3.16. The molecule has 0 aliphatic carbocycles. The number of nitrogens with zero attached hydrogens (tertiary/aromatic N) is 1. The Morgan fingerprint density at radius 2 is 1.74 bits per heavy atom. The number of hydrogen-bond acceptors (Lipinski definition) is 4. The molecule has 0 radical (unpaired) electrons. The number of nitrogens with one attached hydrogen (secondary N) is 1. The van der Waals surface area contributed by atoms with Crippen LogP contribution in [0.15, 0.2) is 36.4 Å². The summed E-state index contributed by atoms with van der Waals surface area (Å²) in [4.78, 5) is 14.2. The van der Waals surface area contributed by atoms with Gasteiger partial charge in [0.1, 0.15) is 5.82 Å². The van der Waals surface area contributed by atoms with E-state index in [9.17, 15) is 9.18 Å². The fraction of sp³-hybridized carbons (Fsp3) is 0.235. The third-order valence-electron chi connectivity index (χ3n) is 3.33. The molecule has 1 N–H and O–H groups in total. The van der Waals surface area contributed by atoms with E-state index in [4.69, 9.17) is 9.47 Å². The molecule has 23 heavy (non-hydrogen) atoms. The quantitative estimate of drug-likeness (QED) is 0.920. The zero-order valence-electron chi connectivity index (χ0n) is 13.5. The lowest BCUT2D eigenvalue weighted by atomic mass is 10.1. The molecule has 122 valence electrons. The maximum atomic E-state index is 13.5. The second-order valence-corrected chi connectivity index (χ2v) is 5.08. The van der Waals surface area contributed by atoms with Gasteiger partial charge in [0.25, 0.3) is 5.91 Å². The van der Waals surface area contributed by atoms with E-state index in [2.05, 4.69) is 5.32 Å². The van der Waals surface area contributed by atoms with Gasteiger partial charge in [-0.3, -0.25) is 4.79 Å². The normalized spacial score (nSPS) is 10.1. The fourth-order valence-electron chi connectivity index (χ4n) is 2.17. The molecule has 2 aromatic rings. The van der Waals surface area contributed by atoms with Gasteiger partial charge in [-0.15, -0.1) is 0 Å². The van der Waals surface area contributed by atoms with Gasteiger partial charge in [0.15, 0.2) is 11.5 Å². The van der Waals surface area contributed by atoms with Crippen molar-refractivity contribution in [3.05, 3.63) is 47.8 Å². The molecule has 0 aliphatic heterocycles. The van der Waals surface area contributed by atoms with Crippen LogP contribution >= 0.6 is 0 Å². The van der Waals surface area contributed by atoms with Crippen molar-refractivity contribution < 1.29 is 18.7 Å². The molecule has 5 nitrogen and oxygen atoms in total. The summed E-state index contributed by atoms with van der Waals surface area (Å²) >= 11 is 0. The average molecular weight is 318 g/mol. The first-order valence-corrected chi connectivity index (χ1v) is 6.96. The van der Waals surface area contributed by atoms with Crippen LogP contribution in [-0.2, 0) is 0 Å². The summed E-state index contributed by atoms with van der Waals surface area (Å²) in [6, 6.07) is 9.08. The average Bonchev–Trinajstić information content (AvgIpc) is 2.53. The van der Waals surface area contributed by atoms with Crippen molar-refractivity contribution in [2.75, 3.05) is 38.5 Å². The largest absolute Gasteiger partial charge is 0.493 e. The Labute approximate surface area is 134 Å². The monoisotopic (exact) mass is 318 g/mol. The van der Waals surface area contributed by atoms with Gasteiger partial charge in [-0.05, 0) is 36.4 Å². The molecule has 0 spiro atoms. The number of amides is 1. The molecular weight excluding hydrogens is 299 g/mol. The molecule has 0 unspecified atom stereocenters. The third-order valence-corrected chi connectivity index (χ3v) is 3.33. The number of anilines is 2. The minimum absolute atomic E-state index is 0.361. The number of methoxy groups -OCH3 is 2. The molecule has 6 heteroatoms. The first-order chi connectivity index (χ1) is 11.0. The number of carbonyl (C=O) groups excluding carboxylic acids is 1. The van der Waals surface area contributed by atoms with E-state index in [-0.39, 0.29) is 5.91 Å². The van der Waals surface area contributed by atoms with Gasteiger partial charge in [0.2, 0.25) is 0 Å². The Kier molecular flexibility index (Phi) is 5.05. The first kappa shape index (κ1) is 16.6. The fourth-order valence-corrected chi connectivity index (χ4v) is 2.17. The van der Waals surface area contributed by atoms with Crippen molar-refractivity contribution in [2.24, 2.45) is 0 Å². The second kappa shape index (κ2) is 7.00. The summed E-state index contributed by atoms with van der Waals surface area (Å²) in [6.07, 6.45) is 0. The van der Waals surface area contributed by atoms with Crippen LogP contribution < -0.4 is 19.7 Å². The molecule has 0 bridgehead atoms. The van der Waals surface area contributed by atoms with Gasteiger partial charge in [0.05, 0.1) is 25.6 Å². The minimum Gasteiger partial charge on any atom is -0.493 e. The lowest BCUT2D eigenvalue weighted by Crippen LogP contribution is -2.17. The van der Waals surface area contributed by atoms with Gasteiger partial charge >= 0.3 is 0 Å². The number of hydrogen-bond donors (Lipinski definition) is 1. The molecule has 0 heterocycles. The van der Waals surface area contributed by atoms with Crippen LogP contribution in [0.25, 0.3) is 0 Å². The van der Waals surface area contributed by atoms with E-state index >= 15 is 0 Å². The Balaban J connectivity index is 2.31. The molecule has 0 atom stereocenters. The summed E-state index contributed by atoms with van der Waals surface area (Å²) in [5.74, 6) is 0.203. The van der Waals surface area contributed by atoms with E-state index in [1.165, 1.54) is 26.4 Å². The Bertz CT molecular complexity index is 717. The molecular formula is C17H19FN2O3. The summed E-state index contributed by atoms with van der Waals surface area (Å²) in [5, 5.41) is 2.72. The second-order valence-electron chi connectivity index (χ2n) is 5.08. The summed E-state index contributed by atoms with van der Waals surface area (Å²) in [5.41, 5.74) is 1.49. The minimum atomic E-state index is -0.418. The molecule has 2 rings (SSSR count). The maximum Gasteiger partial charge on any atom is 0.255 e. The van der Waals surface area contributed by atoms with E-state index in [0.717, 1.165) is 0 Å². The number of ether oxygens (including phenoxy) is 2. The van der Waals surface area contributed by atoms with Crippen LogP contribution in [0.1, 0.15) is 10.4 Å². The highest BCUT2D eigenvalue weighted by Gasteiger charge is 2.14. The molecule has 0 fully saturated rings. The number of carbonyl (C=O) groups is 1. The van der Waals surface area contributed by atoms with E-state index in [1.54, 1.807) is 29.2 Å². The summed E-state index contributed by atoms with van der Waals surface area (Å²) < 4.78 is 23.8. The number of rotatable bonds is 5. The Morgan fingerprint density at radius 3 is 2.35 bits per heavy atom. The molecule has 1 amide bonds. The van der Waals surface area contributed by atoms with Gasteiger partial charge in [-0.1, -0.05) is 0 Å². The Morgan fingerprint density at radius 1 is 1.04 bits per heavy atom. The van der Waals surface area contributed by atoms with Crippen LogP contribution in [0.2, 0.25) is 0 Å². The summed E-state index contributed by atoms with van der Waals surface area (Å²) in [6.45, 7) is 0. The van der Waals surface area contributed by atoms with Gasteiger partial charge in [-0.2, -0.15) is 0 Å². The highest BCUT2D eigenvalue weighted by Crippen LogP contribution is 2.29. The lowest BCUT2D eigenvalue weighted by Gasteiger charge is -2.18. The van der Waals surface area contributed by atoms with Crippen LogP contribution in [0.4, 0.5) is 15.8 Å². The number of halogens is 1. The SMILES string of the molecule is COc1ccc(C(=O)Nc2cc(F)ccc2N(C)C)cc1OC. The van der Waals surface area contributed by atoms with Crippen molar-refractivity contribution in [2.45, 2.75) is 0 Å². The van der Waals surface area contributed by atoms with Crippen LogP contribution in [0, 0.1) is 5.82 Å². The van der Waals surface area contributed by atoms with Crippen molar-refractivity contribution in [1.29, 1.82) is 0 Å². The van der Waals surface area contributed by atoms with Crippen LogP contribution in [0.3, 0.4) is 0 Å². The zero-order chi connectivity index (χ0) is 17.0. The van der Waals surface area contributed by atoms with Crippen molar-refractivity contribution in [3.63, 3.8) is 0 Å². The van der Waals surface area contributed by atoms with Crippen molar-refractivity contribution in [1.82, 2.24) is 0 Å². The lowest BCUT2D eigenvalue weighted by molar-refractivity contribution is 0.102. The van der Waals surface area contributed by atoms with E-state index < -0.39 is 5.82 Å². The van der Waals surface area contributed by atoms with Crippen LogP contribution in [-0.4, -0.2) is 34.2 Å². The van der Waals surface area contributed by atoms with Crippen molar-refractivity contribution in [3.8, 4) is 11.5 Å².